The van der Waals surface area contributed by atoms with E-state index in [4.69, 9.17) is 4.74 Å². The first-order valence-electron chi connectivity index (χ1n) is 6.30. The second-order valence-electron chi connectivity index (χ2n) is 4.87. The van der Waals surface area contributed by atoms with Gasteiger partial charge in [0, 0.05) is 20.3 Å². The molecule has 0 aliphatic rings. The Bertz CT molecular complexity index is 149. The largest absolute Gasteiger partial charge is 0.385 e. The van der Waals surface area contributed by atoms with Gasteiger partial charge in [0.1, 0.15) is 0 Å². The van der Waals surface area contributed by atoms with E-state index in [1.807, 2.05) is 0 Å². The van der Waals surface area contributed by atoms with Gasteiger partial charge in [-0.15, -0.1) is 0 Å². The first kappa shape index (κ1) is 14.9. The third-order valence-electron chi connectivity index (χ3n) is 3.71. The average Bonchev–Trinajstić information content (AvgIpc) is 2.25. The number of rotatable bonds is 9. The molecule has 92 valence electrons. The Morgan fingerprint density at radius 1 is 1.33 bits per heavy atom. The van der Waals surface area contributed by atoms with Gasteiger partial charge in [-0.2, -0.15) is 0 Å². The number of hydrogen-bond acceptors (Lipinski definition) is 2. The van der Waals surface area contributed by atoms with Gasteiger partial charge in [0.05, 0.1) is 0 Å². The molecule has 0 aromatic heterocycles. The van der Waals surface area contributed by atoms with Crippen LogP contribution in [0.1, 0.15) is 47.0 Å². The standard InChI is InChI=1S/C13H29NO/c1-6-9-14-11-13(4,7-2)12(3)8-10-15-5/h12,14H,6-11H2,1-5H3. The maximum absolute atomic E-state index is 5.16. The van der Waals surface area contributed by atoms with Crippen LogP contribution in [0, 0.1) is 11.3 Å². The molecule has 0 aromatic rings. The summed E-state index contributed by atoms with van der Waals surface area (Å²) in [5, 5.41) is 3.54. The van der Waals surface area contributed by atoms with Gasteiger partial charge in [-0.1, -0.05) is 27.7 Å². The second-order valence-corrected chi connectivity index (χ2v) is 4.87. The summed E-state index contributed by atoms with van der Waals surface area (Å²) in [6.07, 6.45) is 3.61. The van der Waals surface area contributed by atoms with E-state index < -0.39 is 0 Å². The summed E-state index contributed by atoms with van der Waals surface area (Å²) >= 11 is 0. The highest BCUT2D eigenvalue weighted by Gasteiger charge is 2.28. The van der Waals surface area contributed by atoms with Gasteiger partial charge in [-0.3, -0.25) is 0 Å². The van der Waals surface area contributed by atoms with E-state index >= 15 is 0 Å². The maximum Gasteiger partial charge on any atom is 0.0465 e. The van der Waals surface area contributed by atoms with E-state index in [1.165, 1.54) is 12.8 Å². The van der Waals surface area contributed by atoms with Crippen molar-refractivity contribution in [2.75, 3.05) is 26.8 Å². The highest BCUT2D eigenvalue weighted by molar-refractivity contribution is 4.81. The smallest absolute Gasteiger partial charge is 0.0465 e. The molecular weight excluding hydrogens is 186 g/mol. The van der Waals surface area contributed by atoms with Crippen LogP contribution in [0.5, 0.6) is 0 Å². The minimum atomic E-state index is 0.410. The Hall–Kier alpha value is -0.0800. The molecule has 0 rings (SSSR count). The van der Waals surface area contributed by atoms with Crippen LogP contribution in [0.2, 0.25) is 0 Å². The van der Waals surface area contributed by atoms with Gasteiger partial charge < -0.3 is 10.1 Å². The molecule has 0 fully saturated rings. The minimum Gasteiger partial charge on any atom is -0.385 e. The molecule has 0 saturated heterocycles. The molecule has 1 N–H and O–H groups in total. The van der Waals surface area contributed by atoms with Gasteiger partial charge in [-0.25, -0.2) is 0 Å². The SMILES string of the molecule is CCCNCC(C)(CC)C(C)CCOC. The lowest BCUT2D eigenvalue weighted by molar-refractivity contribution is 0.120. The van der Waals surface area contributed by atoms with Gasteiger partial charge in [-0.05, 0) is 37.1 Å². The predicted octanol–water partition coefficient (Wildman–Crippen LogP) is 3.07. The summed E-state index contributed by atoms with van der Waals surface area (Å²) in [4.78, 5) is 0. The molecule has 2 atom stereocenters. The minimum absolute atomic E-state index is 0.410. The topological polar surface area (TPSA) is 21.3 Å². The molecule has 15 heavy (non-hydrogen) atoms. The van der Waals surface area contributed by atoms with Crippen LogP contribution in [0.3, 0.4) is 0 Å². The molecule has 0 aliphatic heterocycles. The summed E-state index contributed by atoms with van der Waals surface area (Å²) in [5.74, 6) is 0.715. The van der Waals surface area contributed by atoms with E-state index in [0.717, 1.165) is 26.1 Å². The highest BCUT2D eigenvalue weighted by Crippen LogP contribution is 2.32. The van der Waals surface area contributed by atoms with Gasteiger partial charge in [0.25, 0.3) is 0 Å². The van der Waals surface area contributed by atoms with E-state index in [9.17, 15) is 0 Å². The highest BCUT2D eigenvalue weighted by atomic mass is 16.5. The molecule has 2 heteroatoms. The Morgan fingerprint density at radius 2 is 2.00 bits per heavy atom. The van der Waals surface area contributed by atoms with Crippen LogP contribution in [-0.2, 0) is 4.74 Å². The van der Waals surface area contributed by atoms with Crippen molar-refractivity contribution in [2.45, 2.75) is 47.0 Å². The molecule has 2 nitrogen and oxygen atoms in total. The monoisotopic (exact) mass is 215 g/mol. The van der Waals surface area contributed by atoms with Crippen LogP contribution in [0.15, 0.2) is 0 Å². The molecule has 0 saturated carbocycles. The fourth-order valence-electron chi connectivity index (χ4n) is 1.84. The predicted molar refractivity (Wildman–Crippen MR) is 67.2 cm³/mol. The summed E-state index contributed by atoms with van der Waals surface area (Å²) in [7, 11) is 1.78. The molecule has 0 heterocycles. The number of ether oxygens (including phenoxy) is 1. The molecule has 0 spiro atoms. The van der Waals surface area contributed by atoms with Gasteiger partial charge in [0.2, 0.25) is 0 Å². The molecule has 0 radical (unpaired) electrons. The number of methoxy groups -OCH3 is 1. The fraction of sp³-hybridized carbons (Fsp3) is 1.00. The lowest BCUT2D eigenvalue weighted by Crippen LogP contribution is -2.37. The number of hydrogen-bond donors (Lipinski definition) is 1. The van der Waals surface area contributed by atoms with Crippen molar-refractivity contribution >= 4 is 0 Å². The molecular formula is C13H29NO. The summed E-state index contributed by atoms with van der Waals surface area (Å²) in [5.41, 5.74) is 0.410. The number of nitrogens with one attached hydrogen (secondary N) is 1. The van der Waals surface area contributed by atoms with Crippen molar-refractivity contribution in [1.82, 2.24) is 5.32 Å². The van der Waals surface area contributed by atoms with Crippen LogP contribution >= 0.6 is 0 Å². The van der Waals surface area contributed by atoms with Crippen molar-refractivity contribution < 1.29 is 4.74 Å². The third-order valence-corrected chi connectivity index (χ3v) is 3.71. The lowest BCUT2D eigenvalue weighted by Gasteiger charge is -2.35. The fourth-order valence-corrected chi connectivity index (χ4v) is 1.84. The summed E-state index contributed by atoms with van der Waals surface area (Å²) < 4.78 is 5.16. The van der Waals surface area contributed by atoms with Crippen molar-refractivity contribution in [1.29, 1.82) is 0 Å². The van der Waals surface area contributed by atoms with Gasteiger partial charge in [0.15, 0.2) is 0 Å². The first-order chi connectivity index (χ1) is 7.10. The van der Waals surface area contributed by atoms with Crippen LogP contribution in [0.4, 0.5) is 0 Å². The van der Waals surface area contributed by atoms with Crippen LogP contribution < -0.4 is 5.32 Å². The average molecular weight is 215 g/mol. The van der Waals surface area contributed by atoms with E-state index in [-0.39, 0.29) is 0 Å². The normalized spacial score (nSPS) is 17.4. The van der Waals surface area contributed by atoms with Crippen molar-refractivity contribution in [3.63, 3.8) is 0 Å². The van der Waals surface area contributed by atoms with E-state index in [0.29, 0.717) is 11.3 Å². The zero-order chi connectivity index (χ0) is 11.7. The quantitative estimate of drug-likeness (QED) is 0.597. The Kier molecular flexibility index (Phi) is 8.07. The van der Waals surface area contributed by atoms with Crippen molar-refractivity contribution in [3.8, 4) is 0 Å². The van der Waals surface area contributed by atoms with Crippen LogP contribution in [-0.4, -0.2) is 26.8 Å². The Morgan fingerprint density at radius 3 is 2.47 bits per heavy atom. The lowest BCUT2D eigenvalue weighted by atomic mass is 9.74. The maximum atomic E-state index is 5.16. The van der Waals surface area contributed by atoms with Gasteiger partial charge >= 0.3 is 0 Å². The molecule has 0 aliphatic carbocycles. The Labute approximate surface area is 95.8 Å². The molecule has 0 amide bonds. The van der Waals surface area contributed by atoms with E-state index in [1.54, 1.807) is 7.11 Å². The second kappa shape index (κ2) is 8.12. The Balaban J connectivity index is 4.02. The zero-order valence-corrected chi connectivity index (χ0v) is 11.2. The molecule has 0 bridgehead atoms. The third kappa shape index (κ3) is 5.53. The molecule has 2 unspecified atom stereocenters. The zero-order valence-electron chi connectivity index (χ0n) is 11.2. The summed E-state index contributed by atoms with van der Waals surface area (Å²) in [6, 6.07) is 0. The van der Waals surface area contributed by atoms with Crippen LogP contribution in [0.25, 0.3) is 0 Å². The van der Waals surface area contributed by atoms with Crippen molar-refractivity contribution in [3.05, 3.63) is 0 Å². The van der Waals surface area contributed by atoms with Crippen molar-refractivity contribution in [2.24, 2.45) is 11.3 Å². The summed E-state index contributed by atoms with van der Waals surface area (Å²) in [6.45, 7) is 12.4. The molecule has 0 aromatic carbocycles. The first-order valence-corrected chi connectivity index (χ1v) is 6.30. The van der Waals surface area contributed by atoms with E-state index in [2.05, 4.69) is 33.0 Å².